The number of aliphatic imine (C=N–C) groups is 3. The molecular formula is C71H92N6O7. The number of fused-ring (bicyclic) bond motifs is 5. The van der Waals surface area contributed by atoms with Crippen LogP contribution in [0.25, 0.3) is 0 Å². The van der Waals surface area contributed by atoms with E-state index in [-0.39, 0.29) is 49.7 Å². The average Bonchev–Trinajstić information content (AvgIpc) is 2.27. The minimum absolute atomic E-state index is 0.119. The molecule has 13 heteroatoms. The van der Waals surface area contributed by atoms with Crippen molar-refractivity contribution in [1.29, 1.82) is 0 Å². The third-order valence-electron chi connectivity index (χ3n) is 17.0. The third kappa shape index (κ3) is 16.8. The lowest BCUT2D eigenvalue weighted by atomic mass is 9.84. The Bertz CT molecular complexity index is 3150. The van der Waals surface area contributed by atoms with E-state index in [4.69, 9.17) is 33.9 Å². The molecule has 0 aromatic heterocycles. The standard InChI is InChI=1S/C71H92N6O7/c1-14-55-48(8)60-38-61-49(9)57(33-34-66(78)84-36-35-47(7)24-18-23-46(6)22-17-21-45(5)20-16-19-44(3)4)69(76-61)58(37-67(79)83-13)70-68(71(80)73-42-52-27-31-54(82-12)32-28-52)50(10)62(77-70)39-64-56(15-2)59(65(75-64)40-63(55)74-60)43-72-41-51-25-29-53(81-11)30-26-51/h14,25-32,35,38-40,43-46,49,57,72,76H,1,15-24,33-34,36-37,41-42H2,2-13H3,(H,73,80). The van der Waals surface area contributed by atoms with Gasteiger partial charge in [-0.15, -0.1) is 0 Å². The highest BCUT2D eigenvalue weighted by Gasteiger charge is 2.40. The molecule has 448 valence electrons. The Morgan fingerprint density at radius 1 is 0.738 bits per heavy atom. The Morgan fingerprint density at radius 3 is 2.00 bits per heavy atom. The molecule has 5 aliphatic rings. The molecule has 5 aliphatic heterocycles. The molecule has 4 atom stereocenters. The first kappa shape index (κ1) is 64.0. The molecule has 2 aromatic rings. The van der Waals surface area contributed by atoms with Crippen LogP contribution < -0.4 is 25.4 Å². The normalized spacial score (nSPS) is 18.9. The molecule has 1 saturated heterocycles. The summed E-state index contributed by atoms with van der Waals surface area (Å²) in [5, 5.41) is 10.5. The summed E-state index contributed by atoms with van der Waals surface area (Å²) in [6.07, 6.45) is 23.9. The zero-order valence-corrected chi connectivity index (χ0v) is 52.2. The van der Waals surface area contributed by atoms with Gasteiger partial charge in [0.2, 0.25) is 0 Å². The predicted molar refractivity (Wildman–Crippen MR) is 340 cm³/mol. The third-order valence-corrected chi connectivity index (χ3v) is 17.0. The number of amides is 1. The molecule has 8 bridgehead atoms. The lowest BCUT2D eigenvalue weighted by molar-refractivity contribution is -0.143. The highest BCUT2D eigenvalue weighted by atomic mass is 16.5. The van der Waals surface area contributed by atoms with Crippen molar-refractivity contribution in [2.45, 2.75) is 159 Å². The Morgan fingerprint density at radius 2 is 1.38 bits per heavy atom. The Balaban J connectivity index is 1.21. The number of hydrogen-bond donors (Lipinski definition) is 3. The first-order valence-electron chi connectivity index (χ1n) is 30.5. The zero-order valence-electron chi connectivity index (χ0n) is 52.2. The van der Waals surface area contributed by atoms with E-state index in [2.05, 4.69) is 71.0 Å². The molecule has 5 heterocycles. The van der Waals surface area contributed by atoms with Gasteiger partial charge in [0.25, 0.3) is 5.91 Å². The summed E-state index contributed by atoms with van der Waals surface area (Å²) in [7, 11) is 4.63. The fourth-order valence-corrected chi connectivity index (χ4v) is 11.7. The van der Waals surface area contributed by atoms with Gasteiger partial charge < -0.3 is 34.9 Å². The van der Waals surface area contributed by atoms with Crippen LogP contribution in [0.1, 0.15) is 157 Å². The minimum atomic E-state index is -0.510. The second kappa shape index (κ2) is 30.8. The fraction of sp³-hybridized carbons (Fsp3) is 0.465. The van der Waals surface area contributed by atoms with Crippen LogP contribution in [0.4, 0.5) is 0 Å². The first-order valence-corrected chi connectivity index (χ1v) is 30.5. The molecule has 4 unspecified atom stereocenters. The smallest absolute Gasteiger partial charge is 0.310 e. The molecule has 0 radical (unpaired) electrons. The second-order valence-electron chi connectivity index (χ2n) is 23.7. The summed E-state index contributed by atoms with van der Waals surface area (Å²) in [6.45, 7) is 24.9. The van der Waals surface area contributed by atoms with Crippen molar-refractivity contribution in [3.05, 3.63) is 176 Å². The van der Waals surface area contributed by atoms with Crippen molar-refractivity contribution >= 4 is 35.0 Å². The minimum Gasteiger partial charge on any atom is -0.497 e. The lowest BCUT2D eigenvalue weighted by Gasteiger charge is -2.20. The van der Waals surface area contributed by atoms with Crippen LogP contribution in [0.15, 0.2) is 180 Å². The molecule has 7 rings (SSSR count). The summed E-state index contributed by atoms with van der Waals surface area (Å²) >= 11 is 0. The number of carbonyl (C=O) groups excluding carboxylic acids is 3. The van der Waals surface area contributed by atoms with Crippen molar-refractivity contribution in [3.63, 3.8) is 0 Å². The van der Waals surface area contributed by atoms with E-state index >= 15 is 0 Å². The van der Waals surface area contributed by atoms with Crippen LogP contribution in [0, 0.1) is 29.6 Å². The number of nitrogens with zero attached hydrogens (tertiary/aromatic N) is 3. The number of methoxy groups -OCH3 is 3. The SMILES string of the molecule is C=CC1=C(C)C2=NC1=CC1=NC(=C(CC)C1=CNCc1ccc(OC)cc1)C=C1N=C(C(CC(=O)OC)=C3NC(=C2)C(C)C3CCC(=O)OCC=C(C)CCCC(C)CCCC(C)CCCC(C)C)C(C(=O)NCc2ccc(OC)cc2)=C1C. The van der Waals surface area contributed by atoms with E-state index < -0.39 is 5.97 Å². The van der Waals surface area contributed by atoms with Gasteiger partial charge >= 0.3 is 11.9 Å². The maximum Gasteiger partial charge on any atom is 0.310 e. The first-order chi connectivity index (χ1) is 40.4. The number of carbonyl (C=O) groups is 3. The number of allylic oxidation sites excluding steroid dienone is 11. The number of esters is 2. The summed E-state index contributed by atoms with van der Waals surface area (Å²) in [6, 6.07) is 15.5. The van der Waals surface area contributed by atoms with Gasteiger partial charge in [0.15, 0.2) is 0 Å². The topological polar surface area (TPSA) is 161 Å². The number of nitrogens with one attached hydrogen (secondary N) is 3. The lowest BCUT2D eigenvalue weighted by Crippen LogP contribution is -2.30. The Labute approximate surface area is 500 Å². The van der Waals surface area contributed by atoms with Gasteiger partial charge in [-0.3, -0.25) is 14.4 Å². The van der Waals surface area contributed by atoms with Crippen molar-refractivity contribution in [1.82, 2.24) is 16.0 Å². The monoisotopic (exact) mass is 1140 g/mol. The van der Waals surface area contributed by atoms with Crippen LogP contribution >= 0.6 is 0 Å². The van der Waals surface area contributed by atoms with E-state index in [0.717, 1.165) is 75.3 Å². The van der Waals surface area contributed by atoms with Crippen LogP contribution in [-0.4, -0.2) is 62.9 Å². The molecule has 0 aliphatic carbocycles. The molecule has 84 heavy (non-hydrogen) atoms. The van der Waals surface area contributed by atoms with Gasteiger partial charge in [-0.2, -0.15) is 0 Å². The zero-order chi connectivity index (χ0) is 60.5. The van der Waals surface area contributed by atoms with E-state index in [1.165, 1.54) is 57.6 Å². The molecule has 3 N–H and O–H groups in total. The van der Waals surface area contributed by atoms with E-state index in [1.54, 1.807) is 14.2 Å². The number of benzene rings is 2. The summed E-state index contributed by atoms with van der Waals surface area (Å²) in [5.41, 5.74) is 13.5. The molecule has 1 fully saturated rings. The van der Waals surface area contributed by atoms with Crippen LogP contribution in [-0.2, 0) is 36.9 Å². The van der Waals surface area contributed by atoms with Gasteiger partial charge in [-0.05, 0) is 141 Å². The van der Waals surface area contributed by atoms with Crippen LogP contribution in [0.2, 0.25) is 0 Å². The highest BCUT2D eigenvalue weighted by Crippen LogP contribution is 2.43. The highest BCUT2D eigenvalue weighted by molar-refractivity contribution is 6.31. The van der Waals surface area contributed by atoms with Crippen LogP contribution in [0.3, 0.4) is 0 Å². The number of rotatable bonds is 29. The maximum atomic E-state index is 15.0. The quantitative estimate of drug-likeness (QED) is 0.0532. The largest absolute Gasteiger partial charge is 0.497 e. The van der Waals surface area contributed by atoms with Crippen molar-refractivity contribution in [2.24, 2.45) is 44.6 Å². The molecule has 0 spiro atoms. The van der Waals surface area contributed by atoms with Gasteiger partial charge in [0.05, 0.1) is 67.5 Å². The van der Waals surface area contributed by atoms with Crippen molar-refractivity contribution in [2.75, 3.05) is 27.9 Å². The van der Waals surface area contributed by atoms with Crippen molar-refractivity contribution in [3.8, 4) is 11.5 Å². The molecular weight excluding hydrogens is 1050 g/mol. The van der Waals surface area contributed by atoms with Gasteiger partial charge in [-0.25, -0.2) is 15.0 Å². The molecule has 2 aromatic carbocycles. The Kier molecular flexibility index (Phi) is 23.5. The van der Waals surface area contributed by atoms with Gasteiger partial charge in [0, 0.05) is 65.7 Å². The summed E-state index contributed by atoms with van der Waals surface area (Å²) in [4.78, 5) is 58.5. The maximum absolute atomic E-state index is 15.0. The second-order valence-corrected chi connectivity index (χ2v) is 23.7. The summed E-state index contributed by atoms with van der Waals surface area (Å²) < 4.78 is 22.1. The number of ether oxygens (including phenoxy) is 4. The van der Waals surface area contributed by atoms with E-state index in [9.17, 15) is 14.4 Å². The van der Waals surface area contributed by atoms with Crippen LogP contribution in [0.5, 0.6) is 11.5 Å². The molecule has 1 amide bonds. The van der Waals surface area contributed by atoms with Gasteiger partial charge in [-0.1, -0.05) is 129 Å². The molecule has 13 nitrogen and oxygen atoms in total. The average molecular weight is 1140 g/mol. The van der Waals surface area contributed by atoms with E-state index in [0.29, 0.717) is 82.0 Å². The van der Waals surface area contributed by atoms with Crippen molar-refractivity contribution < 1.29 is 33.3 Å². The van der Waals surface area contributed by atoms with E-state index in [1.807, 2.05) is 99.0 Å². The van der Waals surface area contributed by atoms with Gasteiger partial charge in [0.1, 0.15) is 18.1 Å². The fourth-order valence-electron chi connectivity index (χ4n) is 11.7. The molecule has 0 saturated carbocycles. The number of hydrogen-bond acceptors (Lipinski definition) is 12. The predicted octanol–water partition coefficient (Wildman–Crippen LogP) is 14.9. The Hall–Kier alpha value is -7.54. The summed E-state index contributed by atoms with van der Waals surface area (Å²) in [5.74, 6) is 2.04.